The van der Waals surface area contributed by atoms with E-state index in [2.05, 4.69) is 0 Å². The SMILES string of the molecule is COc1ccc(CC(C)(O)Cc2ccccc2)cc1OC. The number of aliphatic hydroxyl groups is 1. The Hall–Kier alpha value is -2.00. The van der Waals surface area contributed by atoms with Gasteiger partial charge in [0, 0.05) is 12.8 Å². The van der Waals surface area contributed by atoms with Crippen LogP contribution in [0.15, 0.2) is 48.5 Å². The summed E-state index contributed by atoms with van der Waals surface area (Å²) in [6.07, 6.45) is 1.17. The van der Waals surface area contributed by atoms with E-state index in [9.17, 15) is 5.11 Å². The van der Waals surface area contributed by atoms with Crippen molar-refractivity contribution in [3.63, 3.8) is 0 Å². The molecule has 0 radical (unpaired) electrons. The molecular weight excluding hydrogens is 264 g/mol. The van der Waals surface area contributed by atoms with Gasteiger partial charge in [-0.25, -0.2) is 0 Å². The quantitative estimate of drug-likeness (QED) is 0.886. The van der Waals surface area contributed by atoms with Crippen LogP contribution in [0.2, 0.25) is 0 Å². The summed E-state index contributed by atoms with van der Waals surface area (Å²) >= 11 is 0. The van der Waals surface area contributed by atoms with E-state index in [1.54, 1.807) is 14.2 Å². The van der Waals surface area contributed by atoms with Gasteiger partial charge in [0.05, 0.1) is 19.8 Å². The first kappa shape index (κ1) is 15.4. The van der Waals surface area contributed by atoms with Crippen LogP contribution in [-0.2, 0) is 12.8 Å². The van der Waals surface area contributed by atoms with Gasteiger partial charge in [-0.05, 0) is 30.2 Å². The molecule has 0 aliphatic heterocycles. The van der Waals surface area contributed by atoms with Crippen molar-refractivity contribution < 1.29 is 14.6 Å². The van der Waals surface area contributed by atoms with E-state index in [1.807, 2.05) is 55.5 Å². The van der Waals surface area contributed by atoms with Gasteiger partial charge in [-0.1, -0.05) is 36.4 Å². The second-order valence-corrected chi connectivity index (χ2v) is 5.53. The molecule has 3 heteroatoms. The fourth-order valence-electron chi connectivity index (χ4n) is 2.53. The number of rotatable bonds is 6. The lowest BCUT2D eigenvalue weighted by atomic mass is 9.90. The van der Waals surface area contributed by atoms with Crippen LogP contribution in [0.4, 0.5) is 0 Å². The van der Waals surface area contributed by atoms with E-state index in [1.165, 1.54) is 0 Å². The van der Waals surface area contributed by atoms with Crippen LogP contribution >= 0.6 is 0 Å². The molecule has 21 heavy (non-hydrogen) atoms. The summed E-state index contributed by atoms with van der Waals surface area (Å²) in [5.41, 5.74) is 1.34. The van der Waals surface area contributed by atoms with Crippen LogP contribution in [0, 0.1) is 0 Å². The molecule has 3 nitrogen and oxygen atoms in total. The van der Waals surface area contributed by atoms with E-state index in [0.29, 0.717) is 24.3 Å². The zero-order valence-electron chi connectivity index (χ0n) is 12.8. The van der Waals surface area contributed by atoms with Crippen molar-refractivity contribution in [1.82, 2.24) is 0 Å². The third-order valence-electron chi connectivity index (χ3n) is 3.46. The summed E-state index contributed by atoms with van der Waals surface area (Å²) in [6.45, 7) is 1.86. The lowest BCUT2D eigenvalue weighted by Gasteiger charge is -2.24. The van der Waals surface area contributed by atoms with E-state index in [4.69, 9.17) is 9.47 Å². The molecule has 0 saturated carbocycles. The predicted molar refractivity (Wildman–Crippen MR) is 84.0 cm³/mol. The average molecular weight is 286 g/mol. The number of hydrogen-bond acceptors (Lipinski definition) is 3. The van der Waals surface area contributed by atoms with Crippen molar-refractivity contribution in [2.75, 3.05) is 14.2 Å². The molecule has 112 valence electrons. The van der Waals surface area contributed by atoms with Gasteiger partial charge in [0.25, 0.3) is 0 Å². The van der Waals surface area contributed by atoms with Gasteiger partial charge in [0.1, 0.15) is 0 Å². The molecule has 2 aromatic carbocycles. The first-order valence-corrected chi connectivity index (χ1v) is 7.01. The molecule has 0 spiro atoms. The minimum absolute atomic E-state index is 0.558. The summed E-state index contributed by atoms with van der Waals surface area (Å²) in [6, 6.07) is 15.8. The third kappa shape index (κ3) is 4.23. The van der Waals surface area contributed by atoms with Gasteiger partial charge in [0.2, 0.25) is 0 Å². The highest BCUT2D eigenvalue weighted by atomic mass is 16.5. The molecule has 0 aliphatic rings. The Kier molecular flexibility index (Phi) is 4.86. The molecule has 0 aromatic heterocycles. The molecule has 0 heterocycles. The van der Waals surface area contributed by atoms with Gasteiger partial charge >= 0.3 is 0 Å². The van der Waals surface area contributed by atoms with Crippen LogP contribution in [0.1, 0.15) is 18.1 Å². The van der Waals surface area contributed by atoms with Crippen molar-refractivity contribution in [3.8, 4) is 11.5 Å². The molecule has 0 fully saturated rings. The predicted octanol–water partition coefficient (Wildman–Crippen LogP) is 3.24. The average Bonchev–Trinajstić information content (AvgIpc) is 2.47. The topological polar surface area (TPSA) is 38.7 Å². The summed E-state index contributed by atoms with van der Waals surface area (Å²) in [5, 5.41) is 10.6. The van der Waals surface area contributed by atoms with Crippen molar-refractivity contribution in [2.45, 2.75) is 25.4 Å². The fraction of sp³-hybridized carbons (Fsp3) is 0.333. The van der Waals surface area contributed by atoms with Crippen molar-refractivity contribution >= 4 is 0 Å². The molecule has 0 amide bonds. The highest BCUT2D eigenvalue weighted by molar-refractivity contribution is 5.43. The second-order valence-electron chi connectivity index (χ2n) is 5.53. The molecular formula is C18H22O3. The summed E-state index contributed by atoms with van der Waals surface area (Å²) in [4.78, 5) is 0. The molecule has 2 aromatic rings. The lowest BCUT2D eigenvalue weighted by molar-refractivity contribution is 0.0608. The Morgan fingerprint density at radius 3 is 2.10 bits per heavy atom. The van der Waals surface area contributed by atoms with Crippen LogP contribution < -0.4 is 9.47 Å². The second kappa shape index (κ2) is 6.64. The Balaban J connectivity index is 2.12. The van der Waals surface area contributed by atoms with Gasteiger partial charge < -0.3 is 14.6 Å². The monoisotopic (exact) mass is 286 g/mol. The molecule has 0 bridgehead atoms. The fourth-order valence-corrected chi connectivity index (χ4v) is 2.53. The maximum absolute atomic E-state index is 10.6. The normalized spacial score (nSPS) is 13.5. The Bertz CT molecular complexity index is 576. The smallest absolute Gasteiger partial charge is 0.160 e. The zero-order valence-corrected chi connectivity index (χ0v) is 12.8. The Morgan fingerprint density at radius 1 is 0.857 bits per heavy atom. The molecule has 1 unspecified atom stereocenters. The van der Waals surface area contributed by atoms with E-state index < -0.39 is 5.60 Å². The van der Waals surface area contributed by atoms with E-state index >= 15 is 0 Å². The van der Waals surface area contributed by atoms with Crippen LogP contribution in [0.5, 0.6) is 11.5 Å². The van der Waals surface area contributed by atoms with Gasteiger partial charge in [-0.15, -0.1) is 0 Å². The van der Waals surface area contributed by atoms with Crippen molar-refractivity contribution in [2.24, 2.45) is 0 Å². The lowest BCUT2D eigenvalue weighted by Crippen LogP contribution is -2.30. The standard InChI is InChI=1S/C18H22O3/c1-18(19,12-14-7-5-4-6-8-14)13-15-9-10-16(20-2)17(11-15)21-3/h4-11,19H,12-13H2,1-3H3. The van der Waals surface area contributed by atoms with E-state index in [0.717, 1.165) is 11.1 Å². The highest BCUT2D eigenvalue weighted by Gasteiger charge is 2.22. The minimum atomic E-state index is -0.805. The maximum Gasteiger partial charge on any atom is 0.160 e. The van der Waals surface area contributed by atoms with Crippen molar-refractivity contribution in [3.05, 3.63) is 59.7 Å². The Morgan fingerprint density at radius 2 is 1.48 bits per heavy atom. The number of ether oxygens (including phenoxy) is 2. The zero-order chi connectivity index (χ0) is 15.3. The van der Waals surface area contributed by atoms with Gasteiger partial charge in [-0.2, -0.15) is 0 Å². The van der Waals surface area contributed by atoms with Crippen LogP contribution in [0.3, 0.4) is 0 Å². The number of hydrogen-bond donors (Lipinski definition) is 1. The van der Waals surface area contributed by atoms with Gasteiger partial charge in [0.15, 0.2) is 11.5 Å². The third-order valence-corrected chi connectivity index (χ3v) is 3.46. The first-order valence-electron chi connectivity index (χ1n) is 7.01. The molecule has 2 rings (SSSR count). The molecule has 0 saturated heterocycles. The largest absolute Gasteiger partial charge is 0.493 e. The first-order chi connectivity index (χ1) is 10.0. The van der Waals surface area contributed by atoms with Crippen molar-refractivity contribution in [1.29, 1.82) is 0 Å². The summed E-state index contributed by atoms with van der Waals surface area (Å²) < 4.78 is 10.5. The Labute approximate surface area is 126 Å². The summed E-state index contributed by atoms with van der Waals surface area (Å²) in [5.74, 6) is 1.38. The maximum atomic E-state index is 10.6. The number of benzene rings is 2. The highest BCUT2D eigenvalue weighted by Crippen LogP contribution is 2.29. The molecule has 0 aliphatic carbocycles. The van der Waals surface area contributed by atoms with Crippen LogP contribution in [0.25, 0.3) is 0 Å². The molecule has 1 atom stereocenters. The summed E-state index contributed by atoms with van der Waals surface area (Å²) in [7, 11) is 3.23. The van der Waals surface area contributed by atoms with Crippen LogP contribution in [-0.4, -0.2) is 24.9 Å². The molecule has 1 N–H and O–H groups in total. The van der Waals surface area contributed by atoms with Gasteiger partial charge in [-0.3, -0.25) is 0 Å². The number of methoxy groups -OCH3 is 2. The minimum Gasteiger partial charge on any atom is -0.493 e. The van der Waals surface area contributed by atoms with E-state index in [-0.39, 0.29) is 0 Å².